The topological polar surface area (TPSA) is 21.3 Å². The lowest BCUT2D eigenvalue weighted by Gasteiger charge is -2.31. The Kier molecular flexibility index (Phi) is 5.54. The fourth-order valence-corrected chi connectivity index (χ4v) is 3.05. The van der Waals surface area contributed by atoms with E-state index in [9.17, 15) is 0 Å². The van der Waals surface area contributed by atoms with Crippen LogP contribution in [-0.2, 0) is 4.74 Å². The molecule has 1 aromatic carbocycles. The summed E-state index contributed by atoms with van der Waals surface area (Å²) in [7, 11) is 0. The Balaban J connectivity index is 2.11. The van der Waals surface area contributed by atoms with Gasteiger partial charge in [0.2, 0.25) is 0 Å². The van der Waals surface area contributed by atoms with Crippen molar-refractivity contribution in [3.8, 4) is 0 Å². The zero-order valence-electron chi connectivity index (χ0n) is 11.3. The minimum atomic E-state index is 0.481. The highest BCUT2D eigenvalue weighted by atomic mass is 32.2. The van der Waals surface area contributed by atoms with Crippen LogP contribution in [0.15, 0.2) is 29.2 Å². The van der Waals surface area contributed by atoms with Crippen molar-refractivity contribution in [2.24, 2.45) is 5.92 Å². The number of hydrogen-bond donors (Lipinski definition) is 1. The molecule has 0 radical (unpaired) electrons. The summed E-state index contributed by atoms with van der Waals surface area (Å²) >= 11 is 1.80. The van der Waals surface area contributed by atoms with Gasteiger partial charge in [0.15, 0.2) is 0 Å². The third-order valence-corrected chi connectivity index (χ3v) is 4.38. The van der Waals surface area contributed by atoms with Gasteiger partial charge in [0, 0.05) is 24.2 Å². The molecule has 1 fully saturated rings. The van der Waals surface area contributed by atoms with Crippen LogP contribution in [0.5, 0.6) is 0 Å². The van der Waals surface area contributed by atoms with Crippen molar-refractivity contribution in [1.82, 2.24) is 5.32 Å². The van der Waals surface area contributed by atoms with Crippen molar-refractivity contribution in [1.29, 1.82) is 0 Å². The van der Waals surface area contributed by atoms with E-state index in [2.05, 4.69) is 42.8 Å². The van der Waals surface area contributed by atoms with E-state index in [1.165, 1.54) is 23.3 Å². The van der Waals surface area contributed by atoms with Gasteiger partial charge in [-0.3, -0.25) is 0 Å². The summed E-state index contributed by atoms with van der Waals surface area (Å²) in [5, 5.41) is 3.64. The molecule has 0 amide bonds. The molecule has 1 aliphatic rings. The van der Waals surface area contributed by atoms with Crippen LogP contribution in [-0.4, -0.2) is 26.0 Å². The van der Waals surface area contributed by atoms with Crippen molar-refractivity contribution in [2.75, 3.05) is 26.0 Å². The molecule has 1 heterocycles. The molecule has 0 aromatic heterocycles. The summed E-state index contributed by atoms with van der Waals surface area (Å²) in [6.45, 7) is 5.03. The maximum atomic E-state index is 5.47. The smallest absolute Gasteiger partial charge is 0.0469 e. The lowest BCUT2D eigenvalue weighted by atomic mass is 9.87. The van der Waals surface area contributed by atoms with Crippen LogP contribution in [0.25, 0.3) is 0 Å². The van der Waals surface area contributed by atoms with Gasteiger partial charge in [0.05, 0.1) is 0 Å². The molecule has 2 nitrogen and oxygen atoms in total. The Morgan fingerprint density at radius 3 is 2.50 bits per heavy atom. The second-order valence-corrected chi connectivity index (χ2v) is 5.64. The first-order valence-electron chi connectivity index (χ1n) is 6.80. The molecule has 1 saturated heterocycles. The van der Waals surface area contributed by atoms with Crippen LogP contribution in [0, 0.1) is 5.92 Å². The number of rotatable bonds is 5. The van der Waals surface area contributed by atoms with Gasteiger partial charge < -0.3 is 10.1 Å². The van der Waals surface area contributed by atoms with Gasteiger partial charge in [0.25, 0.3) is 0 Å². The maximum Gasteiger partial charge on any atom is 0.0469 e. The van der Waals surface area contributed by atoms with E-state index in [0.29, 0.717) is 12.0 Å². The zero-order chi connectivity index (χ0) is 12.8. The third kappa shape index (κ3) is 3.50. The van der Waals surface area contributed by atoms with E-state index in [1.807, 2.05) is 0 Å². The molecule has 18 heavy (non-hydrogen) atoms. The molecule has 1 aliphatic heterocycles. The predicted octanol–water partition coefficient (Wildman–Crippen LogP) is 3.49. The molecule has 0 saturated carbocycles. The fourth-order valence-electron chi connectivity index (χ4n) is 2.64. The molecule has 1 aromatic rings. The van der Waals surface area contributed by atoms with Crippen LogP contribution in [0.1, 0.15) is 31.4 Å². The van der Waals surface area contributed by atoms with Gasteiger partial charge >= 0.3 is 0 Å². The van der Waals surface area contributed by atoms with Crippen LogP contribution < -0.4 is 5.32 Å². The molecule has 1 N–H and O–H groups in total. The molecule has 1 atom stereocenters. The Labute approximate surface area is 114 Å². The summed E-state index contributed by atoms with van der Waals surface area (Å²) in [5.74, 6) is 0.707. The van der Waals surface area contributed by atoms with Crippen LogP contribution >= 0.6 is 11.8 Å². The minimum absolute atomic E-state index is 0.481. The Bertz CT molecular complexity index is 346. The molecule has 3 heteroatoms. The minimum Gasteiger partial charge on any atom is -0.381 e. The normalized spacial score (nSPS) is 18.8. The van der Waals surface area contributed by atoms with E-state index in [-0.39, 0.29) is 0 Å². The van der Waals surface area contributed by atoms with E-state index < -0.39 is 0 Å². The largest absolute Gasteiger partial charge is 0.381 e. The summed E-state index contributed by atoms with van der Waals surface area (Å²) < 4.78 is 5.47. The average Bonchev–Trinajstić information content (AvgIpc) is 2.46. The number of ether oxygens (including phenoxy) is 1. The van der Waals surface area contributed by atoms with Gasteiger partial charge in [-0.15, -0.1) is 11.8 Å². The van der Waals surface area contributed by atoms with Gasteiger partial charge in [-0.05, 0) is 49.3 Å². The highest BCUT2D eigenvalue weighted by molar-refractivity contribution is 7.98. The van der Waals surface area contributed by atoms with Crippen LogP contribution in [0.3, 0.4) is 0 Å². The first kappa shape index (κ1) is 13.9. The van der Waals surface area contributed by atoms with Gasteiger partial charge in [-0.25, -0.2) is 0 Å². The fraction of sp³-hybridized carbons (Fsp3) is 0.600. The quantitative estimate of drug-likeness (QED) is 0.824. The van der Waals surface area contributed by atoms with E-state index in [1.54, 1.807) is 11.8 Å². The number of nitrogens with one attached hydrogen (secondary N) is 1. The maximum absolute atomic E-state index is 5.47. The second-order valence-electron chi connectivity index (χ2n) is 4.76. The second kappa shape index (κ2) is 7.17. The standard InChI is InChI=1S/C15H23NOS/c1-3-16-15(13-8-10-17-11-9-13)12-4-6-14(18-2)7-5-12/h4-7,13,15-16H,3,8-11H2,1-2H3. The molecule has 0 spiro atoms. The van der Waals surface area contributed by atoms with Gasteiger partial charge in [0.1, 0.15) is 0 Å². The first-order valence-corrected chi connectivity index (χ1v) is 8.02. The summed E-state index contributed by atoms with van der Waals surface area (Å²) in [4.78, 5) is 1.33. The Morgan fingerprint density at radius 1 is 1.28 bits per heavy atom. The zero-order valence-corrected chi connectivity index (χ0v) is 12.1. The summed E-state index contributed by atoms with van der Waals surface area (Å²) in [5.41, 5.74) is 1.42. The van der Waals surface area contributed by atoms with Crippen molar-refractivity contribution >= 4 is 11.8 Å². The molecular weight excluding hydrogens is 242 g/mol. The van der Waals surface area contributed by atoms with E-state index in [4.69, 9.17) is 4.74 Å². The number of hydrogen-bond acceptors (Lipinski definition) is 3. The van der Waals surface area contributed by atoms with Gasteiger partial charge in [-0.2, -0.15) is 0 Å². The van der Waals surface area contributed by atoms with Crippen LogP contribution in [0.2, 0.25) is 0 Å². The highest BCUT2D eigenvalue weighted by Gasteiger charge is 2.24. The molecule has 0 aliphatic carbocycles. The average molecular weight is 265 g/mol. The number of thioether (sulfide) groups is 1. The van der Waals surface area contributed by atoms with E-state index in [0.717, 1.165) is 19.8 Å². The first-order chi connectivity index (χ1) is 8.85. The summed E-state index contributed by atoms with van der Waals surface area (Å²) in [6.07, 6.45) is 4.46. The van der Waals surface area contributed by atoms with Gasteiger partial charge in [-0.1, -0.05) is 19.1 Å². The third-order valence-electron chi connectivity index (χ3n) is 3.64. The van der Waals surface area contributed by atoms with Crippen LogP contribution in [0.4, 0.5) is 0 Å². The Hall–Kier alpha value is -0.510. The van der Waals surface area contributed by atoms with Crippen molar-refractivity contribution < 1.29 is 4.74 Å². The SMILES string of the molecule is CCNC(c1ccc(SC)cc1)C1CCOCC1. The molecule has 1 unspecified atom stereocenters. The Morgan fingerprint density at radius 2 is 1.94 bits per heavy atom. The molecule has 0 bridgehead atoms. The monoisotopic (exact) mass is 265 g/mol. The number of benzene rings is 1. The molecule has 100 valence electrons. The predicted molar refractivity (Wildman–Crippen MR) is 78.2 cm³/mol. The summed E-state index contributed by atoms with van der Waals surface area (Å²) in [6, 6.07) is 9.48. The van der Waals surface area contributed by atoms with E-state index >= 15 is 0 Å². The molecule has 2 rings (SSSR count). The van der Waals surface area contributed by atoms with Crippen molar-refractivity contribution in [3.63, 3.8) is 0 Å². The van der Waals surface area contributed by atoms with Crippen molar-refractivity contribution in [3.05, 3.63) is 29.8 Å². The van der Waals surface area contributed by atoms with Crippen molar-refractivity contribution in [2.45, 2.75) is 30.7 Å². The lowest BCUT2D eigenvalue weighted by Crippen LogP contribution is -2.32. The molecular formula is C15H23NOS. The lowest BCUT2D eigenvalue weighted by molar-refractivity contribution is 0.0538. The highest BCUT2D eigenvalue weighted by Crippen LogP contribution is 2.30.